The minimum atomic E-state index is 0. The number of ether oxygens (including phenoxy) is 2. The number of likely N-dealkylation sites (N-methyl/N-ethyl adjacent to an activating group) is 1. The summed E-state index contributed by atoms with van der Waals surface area (Å²) in [6.07, 6.45) is 47.7. The number of rotatable bonds is 37. The molecule has 0 saturated heterocycles. The van der Waals surface area contributed by atoms with Gasteiger partial charge in [0, 0.05) is 13.2 Å². The van der Waals surface area contributed by atoms with Crippen LogP contribution >= 0.6 is 0 Å². The SMILES string of the molecule is CCCCCCCC/C=C/CCCCCCCCOC(COCCCCCC/C=C/CCCCCCCCCC)C[N+](C)(C)C.[Cl-]. The van der Waals surface area contributed by atoms with E-state index in [9.17, 15) is 0 Å². The maximum atomic E-state index is 6.31. The fourth-order valence-corrected chi connectivity index (χ4v) is 6.03. The van der Waals surface area contributed by atoms with Crippen molar-refractivity contribution in [2.75, 3.05) is 47.5 Å². The van der Waals surface area contributed by atoms with Crippen LogP contribution in [0.15, 0.2) is 24.3 Å². The predicted molar refractivity (Wildman–Crippen MR) is 202 cm³/mol. The molecular formula is C42H84ClNO2. The van der Waals surface area contributed by atoms with Crippen molar-refractivity contribution in [1.82, 2.24) is 0 Å². The number of unbranched alkanes of at least 4 members (excludes halogenated alkanes) is 24. The lowest BCUT2D eigenvalue weighted by Crippen LogP contribution is -3.00. The van der Waals surface area contributed by atoms with Crippen LogP contribution < -0.4 is 12.4 Å². The third-order valence-corrected chi connectivity index (χ3v) is 8.87. The van der Waals surface area contributed by atoms with E-state index in [1.165, 1.54) is 180 Å². The van der Waals surface area contributed by atoms with Gasteiger partial charge in [-0.15, -0.1) is 0 Å². The second kappa shape index (κ2) is 39.1. The van der Waals surface area contributed by atoms with Gasteiger partial charge in [-0.1, -0.05) is 154 Å². The highest BCUT2D eigenvalue weighted by Gasteiger charge is 2.19. The lowest BCUT2D eigenvalue weighted by Gasteiger charge is -2.29. The molecule has 0 aromatic heterocycles. The quantitative estimate of drug-likeness (QED) is 0.0372. The summed E-state index contributed by atoms with van der Waals surface area (Å²) in [4.78, 5) is 0. The first-order valence-corrected chi connectivity index (χ1v) is 20.3. The van der Waals surface area contributed by atoms with Gasteiger partial charge in [-0.25, -0.2) is 0 Å². The number of hydrogen-bond donors (Lipinski definition) is 0. The summed E-state index contributed by atoms with van der Waals surface area (Å²) in [5.41, 5.74) is 0. The van der Waals surface area contributed by atoms with Gasteiger partial charge in [0.05, 0.1) is 27.7 Å². The third kappa shape index (κ3) is 41.7. The molecule has 0 aliphatic rings. The van der Waals surface area contributed by atoms with E-state index in [4.69, 9.17) is 9.47 Å². The molecule has 0 N–H and O–H groups in total. The van der Waals surface area contributed by atoms with Crippen LogP contribution in [-0.2, 0) is 9.47 Å². The first-order chi connectivity index (χ1) is 22.0. The smallest absolute Gasteiger partial charge is 0.130 e. The Labute approximate surface area is 297 Å². The molecule has 0 spiro atoms. The molecule has 0 amide bonds. The van der Waals surface area contributed by atoms with E-state index in [0.29, 0.717) is 0 Å². The molecule has 0 aromatic rings. The maximum Gasteiger partial charge on any atom is 0.130 e. The Morgan fingerprint density at radius 3 is 1.13 bits per heavy atom. The topological polar surface area (TPSA) is 18.5 Å². The molecular weight excluding hydrogens is 586 g/mol. The Bertz CT molecular complexity index is 615. The van der Waals surface area contributed by atoms with Gasteiger partial charge in [-0.2, -0.15) is 0 Å². The summed E-state index contributed by atoms with van der Waals surface area (Å²) in [6.45, 7) is 8.09. The summed E-state index contributed by atoms with van der Waals surface area (Å²) in [7, 11) is 6.76. The summed E-state index contributed by atoms with van der Waals surface area (Å²) in [6, 6.07) is 0. The highest BCUT2D eigenvalue weighted by molar-refractivity contribution is 4.82. The molecule has 0 heterocycles. The summed E-state index contributed by atoms with van der Waals surface area (Å²) in [5.74, 6) is 0. The monoisotopic (exact) mass is 670 g/mol. The van der Waals surface area contributed by atoms with Gasteiger partial charge in [0.15, 0.2) is 0 Å². The van der Waals surface area contributed by atoms with Crippen LogP contribution in [0.5, 0.6) is 0 Å². The van der Waals surface area contributed by atoms with Crippen LogP contribution in [0, 0.1) is 0 Å². The van der Waals surface area contributed by atoms with Gasteiger partial charge >= 0.3 is 0 Å². The predicted octanol–water partition coefficient (Wildman–Crippen LogP) is 10.2. The Morgan fingerprint density at radius 1 is 0.435 bits per heavy atom. The molecule has 0 aliphatic heterocycles. The highest BCUT2D eigenvalue weighted by Crippen LogP contribution is 2.12. The van der Waals surface area contributed by atoms with Crippen molar-refractivity contribution in [1.29, 1.82) is 0 Å². The van der Waals surface area contributed by atoms with E-state index >= 15 is 0 Å². The van der Waals surface area contributed by atoms with Crippen molar-refractivity contribution < 1.29 is 26.4 Å². The van der Waals surface area contributed by atoms with Crippen LogP contribution in [0.1, 0.15) is 194 Å². The molecule has 46 heavy (non-hydrogen) atoms. The molecule has 0 radical (unpaired) electrons. The third-order valence-electron chi connectivity index (χ3n) is 8.87. The molecule has 0 saturated carbocycles. The van der Waals surface area contributed by atoms with Crippen LogP contribution in [0.4, 0.5) is 0 Å². The fourth-order valence-electron chi connectivity index (χ4n) is 6.03. The van der Waals surface area contributed by atoms with E-state index in [0.717, 1.165) is 30.8 Å². The van der Waals surface area contributed by atoms with E-state index < -0.39 is 0 Å². The largest absolute Gasteiger partial charge is 1.00 e. The van der Waals surface area contributed by atoms with Gasteiger partial charge in [-0.3, -0.25) is 0 Å². The molecule has 276 valence electrons. The van der Waals surface area contributed by atoms with Crippen LogP contribution in [0.2, 0.25) is 0 Å². The molecule has 0 aromatic carbocycles. The van der Waals surface area contributed by atoms with Crippen LogP contribution in [0.3, 0.4) is 0 Å². The number of allylic oxidation sites excluding steroid dienone is 4. The fraction of sp³-hybridized carbons (Fsp3) is 0.905. The van der Waals surface area contributed by atoms with Gasteiger partial charge in [0.1, 0.15) is 12.6 Å². The lowest BCUT2D eigenvalue weighted by atomic mass is 10.1. The van der Waals surface area contributed by atoms with Gasteiger partial charge in [-0.05, 0) is 64.2 Å². The molecule has 0 bridgehead atoms. The zero-order chi connectivity index (χ0) is 32.9. The molecule has 3 nitrogen and oxygen atoms in total. The van der Waals surface area contributed by atoms with Gasteiger partial charge < -0.3 is 26.4 Å². The molecule has 0 aliphatic carbocycles. The molecule has 0 rings (SSSR count). The number of quaternary nitrogens is 1. The normalized spacial score (nSPS) is 12.8. The Hall–Kier alpha value is -0.350. The van der Waals surface area contributed by atoms with Crippen molar-refractivity contribution in [3.05, 3.63) is 24.3 Å². The summed E-state index contributed by atoms with van der Waals surface area (Å²) < 4.78 is 13.3. The van der Waals surface area contributed by atoms with E-state index in [1.54, 1.807) is 0 Å². The van der Waals surface area contributed by atoms with E-state index in [1.807, 2.05) is 0 Å². The van der Waals surface area contributed by atoms with Crippen LogP contribution in [0.25, 0.3) is 0 Å². The van der Waals surface area contributed by atoms with E-state index in [-0.39, 0.29) is 18.5 Å². The van der Waals surface area contributed by atoms with Gasteiger partial charge in [0.2, 0.25) is 0 Å². The summed E-state index contributed by atoms with van der Waals surface area (Å²) in [5, 5.41) is 0. The molecule has 1 unspecified atom stereocenters. The first kappa shape index (κ1) is 47.8. The average Bonchev–Trinajstić information content (AvgIpc) is 3.01. The zero-order valence-corrected chi connectivity index (χ0v) is 32.9. The number of nitrogens with zero attached hydrogens (tertiary/aromatic N) is 1. The van der Waals surface area contributed by atoms with E-state index in [2.05, 4.69) is 59.3 Å². The molecule has 1 atom stereocenters. The summed E-state index contributed by atoms with van der Waals surface area (Å²) >= 11 is 0. The minimum absolute atomic E-state index is 0. The van der Waals surface area contributed by atoms with Crippen molar-refractivity contribution in [2.24, 2.45) is 0 Å². The van der Waals surface area contributed by atoms with Crippen molar-refractivity contribution in [3.63, 3.8) is 0 Å². The van der Waals surface area contributed by atoms with Crippen molar-refractivity contribution in [2.45, 2.75) is 200 Å². The molecule has 0 fully saturated rings. The second-order valence-electron chi connectivity index (χ2n) is 14.9. The second-order valence-corrected chi connectivity index (χ2v) is 14.9. The Balaban J connectivity index is 0. The number of hydrogen-bond acceptors (Lipinski definition) is 2. The molecule has 4 heteroatoms. The van der Waals surface area contributed by atoms with Crippen molar-refractivity contribution >= 4 is 0 Å². The zero-order valence-electron chi connectivity index (χ0n) is 32.2. The van der Waals surface area contributed by atoms with Gasteiger partial charge in [0.25, 0.3) is 0 Å². The minimum Gasteiger partial charge on any atom is -1.00 e. The standard InChI is InChI=1S/C42H84NO2.ClH/c1-6-8-10-12-14-16-18-20-22-24-26-28-30-32-34-36-38-44-41-42(40-43(3,4)5)45-39-37-35-33-31-29-27-25-23-21-19-17-15-13-11-9-7-2;/h21,23-24,26,42H,6-20,22,25,27-41H2,1-5H3;1H/q+1;/p-1/b23-21+,26-24+;. The average molecular weight is 671 g/mol. The van der Waals surface area contributed by atoms with Crippen LogP contribution in [-0.4, -0.2) is 58.1 Å². The Morgan fingerprint density at radius 2 is 0.761 bits per heavy atom. The first-order valence-electron chi connectivity index (χ1n) is 20.3. The Kier molecular flexibility index (Phi) is 40.6. The highest BCUT2D eigenvalue weighted by atomic mass is 35.5. The van der Waals surface area contributed by atoms with Crippen molar-refractivity contribution in [3.8, 4) is 0 Å². The maximum absolute atomic E-state index is 6.31. The lowest BCUT2D eigenvalue weighted by molar-refractivity contribution is -0.873. The number of halogens is 1.